The number of rotatable bonds is 6. The first-order valence-corrected chi connectivity index (χ1v) is 18.8. The van der Waals surface area contributed by atoms with Crippen LogP contribution in [-0.4, -0.2) is 35.9 Å². The van der Waals surface area contributed by atoms with Gasteiger partial charge in [-0.3, -0.25) is 20.1 Å². The standard InChI is InChI=1S/C49H32N8/c50-45(33-15-5-1-6-16-33)51-48(36-21-11-4-12-22-36)55-57-39-26-14-24-32-27-29-38-43(42(32)39)44-40(57)30-28-31-23-13-25-37(41(31)44)56(38)49-53-46(34-17-7-2-8-18-34)52-47(54-49)35-19-9-3-10-20-35/h1-30H,(H2,50,51,55). The lowest BCUT2D eigenvalue weighted by molar-refractivity contribution is 0.948. The molecule has 0 aliphatic carbocycles. The number of hydrogen-bond acceptors (Lipinski definition) is 4. The number of benzene rings is 8. The lowest BCUT2D eigenvalue weighted by atomic mass is 9.88. The van der Waals surface area contributed by atoms with E-state index in [-0.39, 0.29) is 5.84 Å². The van der Waals surface area contributed by atoms with E-state index in [0.717, 1.165) is 77.0 Å². The van der Waals surface area contributed by atoms with Gasteiger partial charge in [0.05, 0.1) is 22.1 Å². The van der Waals surface area contributed by atoms with Crippen LogP contribution in [0.15, 0.2) is 187 Å². The maximum absolute atomic E-state index is 9.02. The Morgan fingerprint density at radius 2 is 0.965 bits per heavy atom. The fourth-order valence-corrected chi connectivity index (χ4v) is 8.07. The van der Waals surface area contributed by atoms with Crippen LogP contribution in [0.25, 0.3) is 83.5 Å². The zero-order valence-corrected chi connectivity index (χ0v) is 30.5. The molecule has 0 saturated heterocycles. The molecule has 0 radical (unpaired) electrons. The molecule has 11 rings (SSSR count). The molecule has 2 aliphatic rings. The van der Waals surface area contributed by atoms with E-state index in [1.807, 2.05) is 121 Å². The Morgan fingerprint density at radius 1 is 0.456 bits per heavy atom. The maximum Gasteiger partial charge on any atom is 0.238 e. The van der Waals surface area contributed by atoms with E-state index < -0.39 is 0 Å². The second-order valence-corrected chi connectivity index (χ2v) is 14.0. The summed E-state index contributed by atoms with van der Waals surface area (Å²) in [4.78, 5) is 20.4. The van der Waals surface area contributed by atoms with E-state index in [1.54, 1.807) is 0 Å². The summed E-state index contributed by atoms with van der Waals surface area (Å²) in [7, 11) is 0. The Balaban J connectivity index is 1.22. The van der Waals surface area contributed by atoms with Crippen molar-refractivity contribution in [2.45, 2.75) is 0 Å². The normalized spacial score (nSPS) is 12.0. The van der Waals surface area contributed by atoms with Gasteiger partial charge < -0.3 is 0 Å². The Labute approximate surface area is 327 Å². The Bertz CT molecular complexity index is 3200. The van der Waals surface area contributed by atoms with Gasteiger partial charge in [0.2, 0.25) is 5.95 Å². The highest BCUT2D eigenvalue weighted by Crippen LogP contribution is 2.48. The molecule has 0 bridgehead atoms. The summed E-state index contributed by atoms with van der Waals surface area (Å²) >= 11 is 0. The van der Waals surface area contributed by atoms with Gasteiger partial charge in [-0.05, 0) is 35.0 Å². The van der Waals surface area contributed by atoms with Gasteiger partial charge in [-0.25, -0.2) is 9.98 Å². The van der Waals surface area contributed by atoms with Crippen LogP contribution in [-0.2, 0) is 0 Å². The van der Waals surface area contributed by atoms with Crippen molar-refractivity contribution in [2.24, 2.45) is 4.99 Å². The van der Waals surface area contributed by atoms with Crippen LogP contribution in [0.3, 0.4) is 0 Å². The minimum atomic E-state index is 0.166. The molecule has 0 atom stereocenters. The fraction of sp³-hybridized carbons (Fsp3) is 0. The molecule has 9 aromatic rings. The summed E-state index contributed by atoms with van der Waals surface area (Å²) < 4.78 is 4.33. The van der Waals surface area contributed by atoms with Crippen molar-refractivity contribution in [3.05, 3.63) is 193 Å². The van der Waals surface area contributed by atoms with Crippen molar-refractivity contribution in [1.82, 2.24) is 24.2 Å². The summed E-state index contributed by atoms with van der Waals surface area (Å²) in [6.45, 7) is 0. The second kappa shape index (κ2) is 13.1. The zero-order chi connectivity index (χ0) is 37.9. The highest BCUT2D eigenvalue weighted by Gasteiger charge is 2.28. The summed E-state index contributed by atoms with van der Waals surface area (Å²) in [6.07, 6.45) is 0. The average Bonchev–Trinajstić information content (AvgIpc) is 3.28. The van der Waals surface area contributed by atoms with Gasteiger partial charge in [0, 0.05) is 44.2 Å². The number of nitrogens with one attached hydrogen (secondary N) is 2. The van der Waals surface area contributed by atoms with Crippen LogP contribution >= 0.6 is 0 Å². The van der Waals surface area contributed by atoms with Crippen LogP contribution in [0.4, 0.5) is 0 Å². The number of amidine groups is 2. The highest BCUT2D eigenvalue weighted by molar-refractivity contribution is 6.26. The minimum Gasteiger partial charge on any atom is -0.282 e. The van der Waals surface area contributed by atoms with Gasteiger partial charge in [-0.2, -0.15) is 9.97 Å². The summed E-state index contributed by atoms with van der Waals surface area (Å²) in [5.41, 5.74) is 13.3. The lowest BCUT2D eigenvalue weighted by Gasteiger charge is -2.29. The van der Waals surface area contributed by atoms with Crippen molar-refractivity contribution in [2.75, 3.05) is 5.43 Å². The van der Waals surface area contributed by atoms with Crippen molar-refractivity contribution >= 4 is 55.3 Å². The minimum absolute atomic E-state index is 0.166. The van der Waals surface area contributed by atoms with E-state index >= 15 is 0 Å². The Hall–Kier alpha value is -7.97. The third kappa shape index (κ3) is 5.34. The number of pyridine rings is 2. The van der Waals surface area contributed by atoms with Gasteiger partial charge in [0.1, 0.15) is 0 Å². The summed E-state index contributed by atoms with van der Waals surface area (Å²) in [5.74, 6) is 2.47. The molecule has 0 spiro atoms. The molecule has 0 unspecified atom stereocenters. The summed E-state index contributed by atoms with van der Waals surface area (Å²) in [6, 6.07) is 61.3. The molecular weight excluding hydrogens is 701 g/mol. The molecule has 2 aliphatic heterocycles. The van der Waals surface area contributed by atoms with Crippen molar-refractivity contribution in [1.29, 1.82) is 5.41 Å². The van der Waals surface area contributed by atoms with Crippen molar-refractivity contribution in [3.8, 4) is 39.9 Å². The van der Waals surface area contributed by atoms with Gasteiger partial charge in [0.25, 0.3) is 0 Å². The molecule has 3 heterocycles. The molecule has 8 heteroatoms. The fourth-order valence-electron chi connectivity index (χ4n) is 8.07. The molecule has 57 heavy (non-hydrogen) atoms. The number of aliphatic imine (C=N–C) groups is 1. The largest absolute Gasteiger partial charge is 0.282 e. The topological polar surface area (TPSA) is 96.8 Å². The van der Waals surface area contributed by atoms with E-state index in [2.05, 4.69) is 75.3 Å². The van der Waals surface area contributed by atoms with Crippen molar-refractivity contribution in [3.63, 3.8) is 0 Å². The van der Waals surface area contributed by atoms with Gasteiger partial charge >= 0.3 is 0 Å². The van der Waals surface area contributed by atoms with E-state index in [9.17, 15) is 0 Å². The van der Waals surface area contributed by atoms with Crippen LogP contribution in [0.5, 0.6) is 0 Å². The predicted octanol–water partition coefficient (Wildman–Crippen LogP) is 11.0. The maximum atomic E-state index is 9.02. The smallest absolute Gasteiger partial charge is 0.238 e. The molecule has 268 valence electrons. The third-order valence-electron chi connectivity index (χ3n) is 10.6. The molecular formula is C49H32N8. The Morgan fingerprint density at radius 3 is 1.58 bits per heavy atom. The van der Waals surface area contributed by atoms with Crippen LogP contribution < -0.4 is 5.43 Å². The molecule has 0 amide bonds. The van der Waals surface area contributed by atoms with Crippen molar-refractivity contribution < 1.29 is 0 Å². The quantitative estimate of drug-likeness (QED) is 0.0770. The van der Waals surface area contributed by atoms with E-state index in [0.29, 0.717) is 23.4 Å². The van der Waals surface area contributed by atoms with Crippen LogP contribution in [0.1, 0.15) is 11.1 Å². The summed E-state index contributed by atoms with van der Waals surface area (Å²) in [5, 5.41) is 13.4. The first kappa shape index (κ1) is 32.5. The van der Waals surface area contributed by atoms with Gasteiger partial charge in [0.15, 0.2) is 23.3 Å². The monoisotopic (exact) mass is 732 g/mol. The second-order valence-electron chi connectivity index (χ2n) is 14.0. The van der Waals surface area contributed by atoms with Gasteiger partial charge in [-0.1, -0.05) is 158 Å². The van der Waals surface area contributed by atoms with E-state index in [4.69, 9.17) is 25.4 Å². The SMILES string of the molecule is N=C(N=C(Nn1c2ccc3cccc4c3c2-c2c3c(cccc31)ccc2n4-c1nc(-c2ccccc2)nc(-c2ccccc2)n1)c1ccccc1)c1ccccc1. The van der Waals surface area contributed by atoms with Crippen LogP contribution in [0, 0.1) is 5.41 Å². The molecule has 2 N–H and O–H groups in total. The Kier molecular flexibility index (Phi) is 7.46. The third-order valence-corrected chi connectivity index (χ3v) is 10.6. The lowest BCUT2D eigenvalue weighted by Crippen LogP contribution is -2.27. The number of hydrogen-bond donors (Lipinski definition) is 2. The number of aromatic nitrogens is 5. The molecule has 0 fully saturated rings. The molecule has 0 saturated carbocycles. The molecule has 8 nitrogen and oxygen atoms in total. The molecule has 8 aromatic carbocycles. The molecule has 1 aromatic heterocycles. The highest BCUT2D eigenvalue weighted by atomic mass is 15.4. The predicted molar refractivity (Wildman–Crippen MR) is 231 cm³/mol. The first-order valence-electron chi connectivity index (χ1n) is 18.8. The zero-order valence-electron chi connectivity index (χ0n) is 30.5. The van der Waals surface area contributed by atoms with E-state index in [1.165, 1.54) is 0 Å². The van der Waals surface area contributed by atoms with Crippen LogP contribution in [0.2, 0.25) is 0 Å². The first-order chi connectivity index (χ1) is 28.2. The van der Waals surface area contributed by atoms with Gasteiger partial charge in [-0.15, -0.1) is 0 Å². The average molecular weight is 733 g/mol. The number of nitrogens with zero attached hydrogens (tertiary/aromatic N) is 6.